The lowest BCUT2D eigenvalue weighted by Crippen LogP contribution is -2.49. The molecule has 1 aliphatic carbocycles. The predicted molar refractivity (Wildman–Crippen MR) is 113 cm³/mol. The zero-order chi connectivity index (χ0) is 20.5. The quantitative estimate of drug-likeness (QED) is 0.595. The van der Waals surface area contributed by atoms with Crippen molar-refractivity contribution in [2.75, 3.05) is 0 Å². The molecule has 2 aromatic rings. The van der Waals surface area contributed by atoms with E-state index in [4.69, 9.17) is 11.6 Å². The first-order valence-electron chi connectivity index (χ1n) is 9.66. The maximum atomic E-state index is 13.4. The third-order valence-electron chi connectivity index (χ3n) is 5.64. The lowest BCUT2D eigenvalue weighted by Gasteiger charge is -2.31. The molecule has 2 atom stereocenters. The molecule has 3 amide bonds. The Morgan fingerprint density at radius 2 is 1.59 bits per heavy atom. The average molecular weight is 476 g/mol. The first-order chi connectivity index (χ1) is 14.0. The highest BCUT2D eigenvalue weighted by molar-refractivity contribution is 9.10. The lowest BCUT2D eigenvalue weighted by molar-refractivity contribution is -0.155. The molecule has 1 aliphatic heterocycles. The second kappa shape index (κ2) is 8.28. The molecule has 0 bridgehead atoms. The molecule has 1 saturated heterocycles. The van der Waals surface area contributed by atoms with Crippen molar-refractivity contribution >= 4 is 45.3 Å². The molecule has 0 N–H and O–H groups in total. The fraction of sp³-hybridized carbons (Fsp3) is 0.318. The number of hydrogen-bond donors (Lipinski definition) is 0. The van der Waals surface area contributed by atoms with Crippen LogP contribution in [0.1, 0.15) is 41.6 Å². The number of carbonyl (C=O) groups excluding carboxylic acids is 3. The molecule has 1 saturated carbocycles. The van der Waals surface area contributed by atoms with Gasteiger partial charge in [-0.3, -0.25) is 14.4 Å². The van der Waals surface area contributed by atoms with E-state index in [0.29, 0.717) is 12.8 Å². The lowest BCUT2D eigenvalue weighted by atomic mass is 9.81. The van der Waals surface area contributed by atoms with Crippen LogP contribution < -0.4 is 0 Å². The molecular formula is C22H20BrClN2O3. The second-order valence-electron chi connectivity index (χ2n) is 7.45. The zero-order valence-electron chi connectivity index (χ0n) is 15.7. The van der Waals surface area contributed by atoms with Gasteiger partial charge in [-0.15, -0.1) is 0 Å². The Balaban J connectivity index is 1.72. The van der Waals surface area contributed by atoms with Gasteiger partial charge in [-0.2, -0.15) is 5.01 Å². The van der Waals surface area contributed by atoms with E-state index >= 15 is 0 Å². The van der Waals surface area contributed by atoms with Crippen LogP contribution in [0.15, 0.2) is 53.0 Å². The highest BCUT2D eigenvalue weighted by Gasteiger charge is 2.51. The van der Waals surface area contributed by atoms with Gasteiger partial charge in [0.2, 0.25) is 0 Å². The van der Waals surface area contributed by atoms with Crippen LogP contribution in [-0.4, -0.2) is 27.7 Å². The first-order valence-corrected chi connectivity index (χ1v) is 10.8. The summed E-state index contributed by atoms with van der Waals surface area (Å²) in [5.41, 5.74) is 1.07. The number of imide groups is 1. The molecular weight excluding hydrogens is 456 g/mol. The molecule has 4 rings (SSSR count). The summed E-state index contributed by atoms with van der Waals surface area (Å²) in [6.07, 6.45) is 3.24. The third-order valence-corrected chi connectivity index (χ3v) is 6.50. The average Bonchev–Trinajstić information content (AvgIpc) is 2.98. The number of benzene rings is 2. The second-order valence-corrected chi connectivity index (χ2v) is 8.78. The summed E-state index contributed by atoms with van der Waals surface area (Å²) in [6, 6.07) is 14.1. The molecule has 7 heteroatoms. The smallest absolute Gasteiger partial charge is 0.272 e. The molecule has 5 nitrogen and oxygen atoms in total. The molecule has 2 fully saturated rings. The van der Waals surface area contributed by atoms with E-state index in [1.807, 2.05) is 24.3 Å². The number of halogens is 2. The minimum Gasteiger partial charge on any atom is -0.272 e. The first kappa shape index (κ1) is 20.1. The Hall–Kier alpha value is -2.18. The van der Waals surface area contributed by atoms with Crippen molar-refractivity contribution in [3.05, 3.63) is 69.2 Å². The SMILES string of the molecule is O=C(c1ccccc1Cl)N(Cc1ccc(Br)cc1)N1C(=O)[C@@H]2CCCC[C@H]2C1=O. The number of nitrogens with zero attached hydrogens (tertiary/aromatic N) is 2. The number of hydrazine groups is 1. The van der Waals surface area contributed by atoms with Crippen molar-refractivity contribution in [2.24, 2.45) is 11.8 Å². The predicted octanol–water partition coefficient (Wildman–Crippen LogP) is 4.84. The number of rotatable bonds is 4. The van der Waals surface area contributed by atoms with Crippen LogP contribution >= 0.6 is 27.5 Å². The van der Waals surface area contributed by atoms with Crippen LogP contribution in [0.3, 0.4) is 0 Å². The number of carbonyl (C=O) groups is 3. The van der Waals surface area contributed by atoms with Crippen LogP contribution in [0.4, 0.5) is 0 Å². The third kappa shape index (κ3) is 3.83. The largest absolute Gasteiger partial charge is 0.274 e. The highest BCUT2D eigenvalue weighted by atomic mass is 79.9. The fourth-order valence-electron chi connectivity index (χ4n) is 4.15. The van der Waals surface area contributed by atoms with Gasteiger partial charge in [-0.05, 0) is 42.7 Å². The normalized spacial score (nSPS) is 21.2. The topological polar surface area (TPSA) is 57.7 Å². The van der Waals surface area contributed by atoms with E-state index in [0.717, 1.165) is 27.9 Å². The highest BCUT2D eigenvalue weighted by Crippen LogP contribution is 2.39. The van der Waals surface area contributed by atoms with Gasteiger partial charge >= 0.3 is 0 Å². The van der Waals surface area contributed by atoms with Crippen molar-refractivity contribution in [1.82, 2.24) is 10.0 Å². The molecule has 2 aromatic carbocycles. The van der Waals surface area contributed by atoms with Crippen LogP contribution in [0.2, 0.25) is 5.02 Å². The van der Waals surface area contributed by atoms with E-state index in [-0.39, 0.29) is 40.8 Å². The molecule has 0 unspecified atom stereocenters. The van der Waals surface area contributed by atoms with E-state index in [9.17, 15) is 14.4 Å². The van der Waals surface area contributed by atoms with Gasteiger partial charge in [-0.25, -0.2) is 5.01 Å². The van der Waals surface area contributed by atoms with Crippen molar-refractivity contribution < 1.29 is 14.4 Å². The Morgan fingerprint density at radius 1 is 1.00 bits per heavy atom. The fourth-order valence-corrected chi connectivity index (χ4v) is 4.63. The molecule has 0 spiro atoms. The van der Waals surface area contributed by atoms with Gasteiger partial charge in [0.25, 0.3) is 17.7 Å². The molecule has 2 aliphatic rings. The minimum absolute atomic E-state index is 0.105. The van der Waals surface area contributed by atoms with Crippen LogP contribution in [0.5, 0.6) is 0 Å². The van der Waals surface area contributed by atoms with Crippen molar-refractivity contribution in [3.63, 3.8) is 0 Å². The van der Waals surface area contributed by atoms with E-state index in [1.165, 1.54) is 5.01 Å². The van der Waals surface area contributed by atoms with Gasteiger partial charge in [0, 0.05) is 4.47 Å². The number of hydrogen-bond acceptors (Lipinski definition) is 3. The zero-order valence-corrected chi connectivity index (χ0v) is 18.0. The van der Waals surface area contributed by atoms with Gasteiger partial charge < -0.3 is 0 Å². The van der Waals surface area contributed by atoms with E-state index < -0.39 is 5.91 Å². The molecule has 150 valence electrons. The van der Waals surface area contributed by atoms with Gasteiger partial charge in [0.1, 0.15) is 0 Å². The van der Waals surface area contributed by atoms with Crippen LogP contribution in [-0.2, 0) is 16.1 Å². The van der Waals surface area contributed by atoms with Gasteiger partial charge in [0.15, 0.2) is 0 Å². The summed E-state index contributed by atoms with van der Waals surface area (Å²) in [5.74, 6) is -1.68. The van der Waals surface area contributed by atoms with E-state index in [2.05, 4.69) is 15.9 Å². The summed E-state index contributed by atoms with van der Waals surface area (Å²) in [7, 11) is 0. The van der Waals surface area contributed by atoms with E-state index in [1.54, 1.807) is 24.3 Å². The summed E-state index contributed by atoms with van der Waals surface area (Å²) in [5, 5.41) is 2.62. The molecule has 0 aromatic heterocycles. The van der Waals surface area contributed by atoms with Crippen molar-refractivity contribution in [3.8, 4) is 0 Å². The summed E-state index contributed by atoms with van der Waals surface area (Å²) >= 11 is 9.64. The monoisotopic (exact) mass is 474 g/mol. The Labute approximate surface area is 182 Å². The minimum atomic E-state index is -0.459. The van der Waals surface area contributed by atoms with Gasteiger partial charge in [0.05, 0.1) is 29.0 Å². The molecule has 0 radical (unpaired) electrons. The van der Waals surface area contributed by atoms with Crippen molar-refractivity contribution in [1.29, 1.82) is 0 Å². The standard InChI is InChI=1S/C22H20BrClN2O3/c23-15-11-9-14(10-12-15)13-25(20(27)18-7-3-4-8-19(18)24)26-21(28)16-5-1-2-6-17(16)22(26)29/h3-4,7-12,16-17H,1-2,5-6,13H2/t16-,17-/m1/s1. The summed E-state index contributed by atoms with van der Waals surface area (Å²) < 4.78 is 0.907. The maximum absolute atomic E-state index is 13.4. The Morgan fingerprint density at radius 3 is 2.17 bits per heavy atom. The maximum Gasteiger partial charge on any atom is 0.274 e. The molecule has 29 heavy (non-hydrogen) atoms. The van der Waals surface area contributed by atoms with Gasteiger partial charge in [-0.1, -0.05) is 64.6 Å². The Bertz CT molecular complexity index is 939. The van der Waals surface area contributed by atoms with Crippen molar-refractivity contribution in [2.45, 2.75) is 32.2 Å². The number of amides is 3. The Kier molecular flexibility index (Phi) is 5.74. The number of fused-ring (bicyclic) bond motifs is 1. The summed E-state index contributed by atoms with van der Waals surface area (Å²) in [4.78, 5) is 39.7. The summed E-state index contributed by atoms with van der Waals surface area (Å²) in [6.45, 7) is 0.105. The van der Waals surface area contributed by atoms with Crippen LogP contribution in [0, 0.1) is 11.8 Å². The molecule has 1 heterocycles. The van der Waals surface area contributed by atoms with Crippen LogP contribution in [0.25, 0.3) is 0 Å².